The Morgan fingerprint density at radius 2 is 1.86 bits per heavy atom. The molecule has 3 nitrogen and oxygen atoms in total. The van der Waals surface area contributed by atoms with Crippen molar-refractivity contribution in [1.82, 2.24) is 4.57 Å². The van der Waals surface area contributed by atoms with Crippen LogP contribution in [-0.4, -0.2) is 4.57 Å². The zero-order valence-electron chi connectivity index (χ0n) is 13.4. The van der Waals surface area contributed by atoms with Crippen molar-refractivity contribution in [3.8, 4) is 0 Å². The molecule has 0 radical (unpaired) electrons. The van der Waals surface area contributed by atoms with Crippen LogP contribution in [0.1, 0.15) is 60.0 Å². The maximum atomic E-state index is 12.8. The molecule has 1 heterocycles. The fourth-order valence-electron chi connectivity index (χ4n) is 3.50. The fraction of sp³-hybridized carbons (Fsp3) is 0.421. The third-order valence-corrected chi connectivity index (χ3v) is 4.83. The maximum absolute atomic E-state index is 12.8. The summed E-state index contributed by atoms with van der Waals surface area (Å²) in [4.78, 5) is 12.8. The number of rotatable bonds is 3. The van der Waals surface area contributed by atoms with Crippen molar-refractivity contribution >= 4 is 0 Å². The second-order valence-electron chi connectivity index (χ2n) is 6.45. The minimum atomic E-state index is -0.360. The monoisotopic (exact) mass is 296 g/mol. The van der Waals surface area contributed by atoms with Gasteiger partial charge < -0.3 is 10.3 Å². The Morgan fingerprint density at radius 1 is 1.14 bits per heavy atom. The van der Waals surface area contributed by atoms with Gasteiger partial charge in [-0.2, -0.15) is 0 Å². The van der Waals surface area contributed by atoms with Crippen molar-refractivity contribution in [1.29, 1.82) is 0 Å². The van der Waals surface area contributed by atoms with Gasteiger partial charge in [0.25, 0.3) is 5.56 Å². The molecule has 1 aliphatic carbocycles. The first-order valence-electron chi connectivity index (χ1n) is 8.11. The molecule has 2 aromatic rings. The number of pyridine rings is 1. The first-order chi connectivity index (χ1) is 10.6. The molecule has 1 unspecified atom stereocenters. The van der Waals surface area contributed by atoms with Gasteiger partial charge in [0.15, 0.2) is 0 Å². The van der Waals surface area contributed by atoms with E-state index >= 15 is 0 Å². The Bertz CT molecular complexity index is 726. The summed E-state index contributed by atoms with van der Waals surface area (Å²) in [6, 6.07) is 10.1. The Morgan fingerprint density at radius 3 is 2.59 bits per heavy atom. The first kappa shape index (κ1) is 15.0. The molecule has 0 bridgehead atoms. The van der Waals surface area contributed by atoms with Crippen LogP contribution in [0.3, 0.4) is 0 Å². The van der Waals surface area contributed by atoms with E-state index in [4.69, 9.17) is 5.73 Å². The van der Waals surface area contributed by atoms with Crippen LogP contribution >= 0.6 is 0 Å². The number of hydrogen-bond acceptors (Lipinski definition) is 2. The summed E-state index contributed by atoms with van der Waals surface area (Å²) in [6.07, 6.45) is 6.54. The van der Waals surface area contributed by atoms with E-state index in [0.29, 0.717) is 11.6 Å². The number of nitrogens with zero attached hydrogens (tertiary/aromatic N) is 1. The Balaban J connectivity index is 2.02. The summed E-state index contributed by atoms with van der Waals surface area (Å²) in [7, 11) is 0. The molecule has 1 aromatic carbocycles. The highest BCUT2D eigenvalue weighted by atomic mass is 16.1. The minimum absolute atomic E-state index is 0.0720. The van der Waals surface area contributed by atoms with E-state index in [1.165, 1.54) is 18.4 Å². The van der Waals surface area contributed by atoms with E-state index in [1.54, 1.807) is 0 Å². The van der Waals surface area contributed by atoms with Crippen molar-refractivity contribution in [2.24, 2.45) is 5.73 Å². The quantitative estimate of drug-likeness (QED) is 0.940. The van der Waals surface area contributed by atoms with Gasteiger partial charge in [-0.3, -0.25) is 4.79 Å². The first-order valence-corrected chi connectivity index (χ1v) is 8.11. The molecule has 116 valence electrons. The lowest BCUT2D eigenvalue weighted by molar-refractivity contribution is 0.497. The van der Waals surface area contributed by atoms with Crippen molar-refractivity contribution in [2.45, 2.75) is 51.6 Å². The fourth-order valence-corrected chi connectivity index (χ4v) is 3.50. The summed E-state index contributed by atoms with van der Waals surface area (Å²) in [5.74, 6) is 0. The molecule has 0 aliphatic heterocycles. The topological polar surface area (TPSA) is 48.0 Å². The largest absolute Gasteiger partial charge is 0.320 e. The average molecular weight is 296 g/mol. The highest BCUT2D eigenvalue weighted by molar-refractivity contribution is 5.38. The average Bonchev–Trinajstić information content (AvgIpc) is 3.03. The zero-order valence-corrected chi connectivity index (χ0v) is 13.4. The van der Waals surface area contributed by atoms with Crippen molar-refractivity contribution in [3.63, 3.8) is 0 Å². The summed E-state index contributed by atoms with van der Waals surface area (Å²) in [5, 5.41) is 0. The maximum Gasteiger partial charge on any atom is 0.255 e. The van der Waals surface area contributed by atoms with Gasteiger partial charge >= 0.3 is 0 Å². The van der Waals surface area contributed by atoms with E-state index in [2.05, 4.69) is 25.1 Å². The van der Waals surface area contributed by atoms with Crippen LogP contribution in [0.25, 0.3) is 0 Å². The van der Waals surface area contributed by atoms with Gasteiger partial charge in [-0.25, -0.2) is 0 Å². The number of nitrogens with two attached hydrogens (primary N) is 1. The van der Waals surface area contributed by atoms with Gasteiger partial charge in [0.2, 0.25) is 0 Å². The third-order valence-electron chi connectivity index (χ3n) is 4.83. The van der Waals surface area contributed by atoms with Crippen LogP contribution in [0, 0.1) is 13.8 Å². The SMILES string of the molecule is Cc1ccc(C)c(C(N)c2cccn(C3CCCC3)c2=O)c1. The summed E-state index contributed by atoms with van der Waals surface area (Å²) >= 11 is 0. The molecule has 3 heteroatoms. The zero-order chi connectivity index (χ0) is 15.7. The molecule has 1 aromatic heterocycles. The number of benzene rings is 1. The Kier molecular flexibility index (Phi) is 4.16. The van der Waals surface area contributed by atoms with Crippen LogP contribution in [0.4, 0.5) is 0 Å². The van der Waals surface area contributed by atoms with Crippen LogP contribution < -0.4 is 11.3 Å². The molecule has 0 spiro atoms. The molecule has 1 aliphatic rings. The summed E-state index contributed by atoms with van der Waals surface area (Å²) in [5.41, 5.74) is 10.6. The standard InChI is InChI=1S/C19H24N2O/c1-13-9-10-14(2)17(12-13)18(20)16-8-5-11-21(19(16)22)15-6-3-4-7-15/h5,8-12,15,18H,3-4,6-7,20H2,1-2H3. The summed E-state index contributed by atoms with van der Waals surface area (Å²) < 4.78 is 1.90. The molecular formula is C19H24N2O. The second kappa shape index (κ2) is 6.09. The van der Waals surface area contributed by atoms with Crippen LogP contribution in [0.5, 0.6) is 0 Å². The van der Waals surface area contributed by atoms with E-state index in [0.717, 1.165) is 24.0 Å². The van der Waals surface area contributed by atoms with Crippen molar-refractivity contribution in [3.05, 3.63) is 69.1 Å². The molecule has 3 rings (SSSR count). The predicted molar refractivity (Wildman–Crippen MR) is 90.2 cm³/mol. The lowest BCUT2D eigenvalue weighted by Gasteiger charge is -2.19. The van der Waals surface area contributed by atoms with Crippen molar-refractivity contribution in [2.75, 3.05) is 0 Å². The molecular weight excluding hydrogens is 272 g/mol. The van der Waals surface area contributed by atoms with Gasteiger partial charge in [-0.1, -0.05) is 42.7 Å². The number of hydrogen-bond donors (Lipinski definition) is 1. The second-order valence-corrected chi connectivity index (χ2v) is 6.45. The van der Waals surface area contributed by atoms with Gasteiger partial charge in [0, 0.05) is 17.8 Å². The van der Waals surface area contributed by atoms with Crippen LogP contribution in [0.2, 0.25) is 0 Å². The van der Waals surface area contributed by atoms with E-state index in [1.807, 2.05) is 29.8 Å². The molecule has 1 saturated carbocycles. The molecule has 0 saturated heterocycles. The molecule has 0 amide bonds. The number of aromatic nitrogens is 1. The van der Waals surface area contributed by atoms with Gasteiger partial charge in [0.1, 0.15) is 0 Å². The minimum Gasteiger partial charge on any atom is -0.320 e. The highest BCUT2D eigenvalue weighted by Gasteiger charge is 2.21. The highest BCUT2D eigenvalue weighted by Crippen LogP contribution is 2.29. The Labute approximate surface area is 131 Å². The van der Waals surface area contributed by atoms with Gasteiger partial charge in [0.05, 0.1) is 6.04 Å². The van der Waals surface area contributed by atoms with E-state index < -0.39 is 0 Å². The van der Waals surface area contributed by atoms with Gasteiger partial charge in [-0.05, 0) is 43.9 Å². The van der Waals surface area contributed by atoms with E-state index in [9.17, 15) is 4.79 Å². The van der Waals surface area contributed by atoms with Crippen LogP contribution in [0.15, 0.2) is 41.3 Å². The lowest BCUT2D eigenvalue weighted by Crippen LogP contribution is -2.30. The van der Waals surface area contributed by atoms with Crippen LogP contribution in [-0.2, 0) is 0 Å². The normalized spacial score (nSPS) is 16.9. The molecule has 1 atom stereocenters. The smallest absolute Gasteiger partial charge is 0.255 e. The third kappa shape index (κ3) is 2.73. The molecule has 22 heavy (non-hydrogen) atoms. The number of aryl methyl sites for hydroxylation is 2. The summed E-state index contributed by atoms with van der Waals surface area (Å²) in [6.45, 7) is 4.10. The molecule has 2 N–H and O–H groups in total. The predicted octanol–water partition coefficient (Wildman–Crippen LogP) is 3.63. The Hall–Kier alpha value is -1.87. The van der Waals surface area contributed by atoms with Gasteiger partial charge in [-0.15, -0.1) is 0 Å². The lowest BCUT2D eigenvalue weighted by atomic mass is 9.95. The van der Waals surface area contributed by atoms with Crippen molar-refractivity contribution < 1.29 is 0 Å². The van der Waals surface area contributed by atoms with E-state index in [-0.39, 0.29) is 11.6 Å². The molecule has 1 fully saturated rings.